The summed E-state index contributed by atoms with van der Waals surface area (Å²) in [7, 11) is 0. The standard InChI is InChI=1S/C25H27N3O3/c1-14-10-11-17-16(12-14)25(23(31)26-17)20-19(21(29)28(22(20)30)24(2,3)4)18(27-25)13-15-8-6-5-7-9-15/h5-12,18-20,27H,13H2,1-4H3,(H,26,31)/p+1/t18-,19-,20+,25+/m1/s1. The molecule has 3 amide bonds. The number of nitrogens with zero attached hydrogens (tertiary/aromatic N) is 1. The minimum atomic E-state index is -1.11. The third kappa shape index (κ3) is 2.71. The molecule has 2 aromatic carbocycles. The van der Waals surface area contributed by atoms with Gasteiger partial charge in [-0.1, -0.05) is 42.0 Å². The fraction of sp³-hybridized carbons (Fsp3) is 0.400. The molecule has 3 aliphatic rings. The molecule has 0 unspecified atom stereocenters. The summed E-state index contributed by atoms with van der Waals surface area (Å²) in [6.07, 6.45) is 0.620. The molecule has 6 nitrogen and oxygen atoms in total. The van der Waals surface area contributed by atoms with Crippen LogP contribution < -0.4 is 10.6 Å². The van der Waals surface area contributed by atoms with E-state index in [1.807, 2.05) is 81.5 Å². The van der Waals surface area contributed by atoms with Crippen LogP contribution in [0, 0.1) is 18.8 Å². The zero-order chi connectivity index (χ0) is 22.1. The zero-order valence-electron chi connectivity index (χ0n) is 18.3. The Labute approximate surface area is 182 Å². The molecule has 0 aliphatic carbocycles. The van der Waals surface area contributed by atoms with Crippen LogP contribution in [0.2, 0.25) is 0 Å². The topological polar surface area (TPSA) is 83.1 Å². The molecule has 0 radical (unpaired) electrons. The Morgan fingerprint density at radius 1 is 1.03 bits per heavy atom. The van der Waals surface area contributed by atoms with E-state index >= 15 is 0 Å². The van der Waals surface area contributed by atoms with Gasteiger partial charge in [-0.2, -0.15) is 0 Å². The molecule has 0 saturated carbocycles. The number of likely N-dealkylation sites (tertiary alicyclic amines) is 1. The van der Waals surface area contributed by atoms with Crippen LogP contribution >= 0.6 is 0 Å². The highest BCUT2D eigenvalue weighted by Crippen LogP contribution is 2.50. The van der Waals surface area contributed by atoms with Crippen molar-refractivity contribution in [1.82, 2.24) is 4.90 Å². The van der Waals surface area contributed by atoms with Crippen molar-refractivity contribution in [2.75, 3.05) is 5.32 Å². The average Bonchev–Trinajstić information content (AvgIpc) is 3.27. The van der Waals surface area contributed by atoms with Gasteiger partial charge >= 0.3 is 0 Å². The second-order valence-corrected chi connectivity index (χ2v) is 10.1. The molecule has 2 aromatic rings. The molecule has 6 heteroatoms. The first-order chi connectivity index (χ1) is 14.6. The Morgan fingerprint density at radius 2 is 1.74 bits per heavy atom. The largest absolute Gasteiger partial charge is 0.326 e. The number of hydrogen-bond acceptors (Lipinski definition) is 3. The number of imide groups is 1. The Hall–Kier alpha value is -2.99. The van der Waals surface area contributed by atoms with Crippen LogP contribution in [0.4, 0.5) is 5.69 Å². The lowest BCUT2D eigenvalue weighted by Crippen LogP contribution is -2.99. The Kier molecular flexibility index (Phi) is 4.18. The fourth-order valence-corrected chi connectivity index (χ4v) is 5.81. The number of amides is 3. The quantitative estimate of drug-likeness (QED) is 0.729. The molecule has 2 fully saturated rings. The maximum Gasteiger partial charge on any atom is 0.291 e. The average molecular weight is 419 g/mol. The monoisotopic (exact) mass is 418 g/mol. The number of carbonyl (C=O) groups is 3. The van der Waals surface area contributed by atoms with Crippen molar-refractivity contribution in [3.8, 4) is 0 Å². The van der Waals surface area contributed by atoms with Gasteiger partial charge in [0, 0.05) is 17.5 Å². The predicted molar refractivity (Wildman–Crippen MR) is 116 cm³/mol. The molecular formula is C25H28N3O3+. The predicted octanol–water partition coefficient (Wildman–Crippen LogP) is 1.73. The molecule has 0 bridgehead atoms. The molecule has 0 aromatic heterocycles. The summed E-state index contributed by atoms with van der Waals surface area (Å²) in [6, 6.07) is 15.6. The van der Waals surface area contributed by atoms with Gasteiger partial charge in [0.2, 0.25) is 17.4 Å². The van der Waals surface area contributed by atoms with Gasteiger partial charge in [-0.05, 0) is 45.4 Å². The fourth-order valence-electron chi connectivity index (χ4n) is 5.81. The van der Waals surface area contributed by atoms with Crippen molar-refractivity contribution < 1.29 is 19.7 Å². The Balaban J connectivity index is 1.68. The van der Waals surface area contributed by atoms with Crippen LogP contribution in [0.25, 0.3) is 0 Å². The van der Waals surface area contributed by atoms with Crippen molar-refractivity contribution in [2.45, 2.75) is 51.2 Å². The second kappa shape index (κ2) is 6.50. The van der Waals surface area contributed by atoms with Crippen LogP contribution in [-0.4, -0.2) is 34.2 Å². The van der Waals surface area contributed by atoms with E-state index in [4.69, 9.17) is 0 Å². The molecule has 2 saturated heterocycles. The summed E-state index contributed by atoms with van der Waals surface area (Å²) in [5.41, 5.74) is 1.92. The molecule has 5 rings (SSSR count). The maximum absolute atomic E-state index is 13.7. The lowest BCUT2D eigenvalue weighted by molar-refractivity contribution is -0.733. The van der Waals surface area contributed by atoms with Crippen molar-refractivity contribution in [3.63, 3.8) is 0 Å². The Morgan fingerprint density at radius 3 is 2.42 bits per heavy atom. The number of carbonyl (C=O) groups excluding carboxylic acids is 3. The maximum atomic E-state index is 13.7. The van der Waals surface area contributed by atoms with Gasteiger partial charge in [0.05, 0.1) is 5.69 Å². The highest BCUT2D eigenvalue weighted by molar-refractivity contribution is 6.14. The first-order valence-electron chi connectivity index (χ1n) is 10.8. The number of aryl methyl sites for hydroxylation is 1. The smallest absolute Gasteiger partial charge is 0.291 e. The van der Waals surface area contributed by atoms with Crippen LogP contribution in [0.1, 0.15) is 37.5 Å². The normalized spacial score (nSPS) is 29.5. The van der Waals surface area contributed by atoms with Gasteiger partial charge in [0.15, 0.2) is 0 Å². The summed E-state index contributed by atoms with van der Waals surface area (Å²) >= 11 is 0. The minimum absolute atomic E-state index is 0.162. The molecule has 160 valence electrons. The molecule has 3 heterocycles. The number of benzene rings is 2. The van der Waals surface area contributed by atoms with Crippen LogP contribution in [0.5, 0.6) is 0 Å². The van der Waals surface area contributed by atoms with E-state index in [1.54, 1.807) is 0 Å². The third-order valence-corrected chi connectivity index (χ3v) is 7.01. The molecule has 1 spiro atoms. The number of nitrogens with two attached hydrogens (primary N) is 1. The van der Waals surface area contributed by atoms with E-state index in [9.17, 15) is 14.4 Å². The number of quaternary nitrogens is 1. The first kappa shape index (κ1) is 19.9. The van der Waals surface area contributed by atoms with Gasteiger partial charge in [0.25, 0.3) is 5.91 Å². The van der Waals surface area contributed by atoms with Crippen LogP contribution in [0.15, 0.2) is 48.5 Å². The van der Waals surface area contributed by atoms with Gasteiger partial charge in [-0.15, -0.1) is 0 Å². The molecule has 3 N–H and O–H groups in total. The SMILES string of the molecule is Cc1ccc2c(c1)[C@@]1([NH2+][C@H](Cc3ccccc3)[C@H]3C(=O)N(C(C)(C)C)C(=O)[C@H]31)C(=O)N2. The van der Waals surface area contributed by atoms with Crippen molar-refractivity contribution >= 4 is 23.4 Å². The molecular weight excluding hydrogens is 390 g/mol. The minimum Gasteiger partial charge on any atom is -0.326 e. The van der Waals surface area contributed by atoms with Gasteiger partial charge < -0.3 is 10.6 Å². The van der Waals surface area contributed by atoms with Gasteiger partial charge in [0.1, 0.15) is 17.9 Å². The van der Waals surface area contributed by atoms with Crippen molar-refractivity contribution in [2.24, 2.45) is 11.8 Å². The van der Waals surface area contributed by atoms with Crippen LogP contribution in [-0.2, 0) is 26.3 Å². The summed E-state index contributed by atoms with van der Waals surface area (Å²) in [5.74, 6) is -1.85. The lowest BCUT2D eigenvalue weighted by atomic mass is 9.76. The van der Waals surface area contributed by atoms with E-state index in [-0.39, 0.29) is 23.8 Å². The second-order valence-electron chi connectivity index (χ2n) is 10.1. The lowest BCUT2D eigenvalue weighted by Gasteiger charge is -2.33. The first-order valence-corrected chi connectivity index (χ1v) is 10.8. The van der Waals surface area contributed by atoms with Gasteiger partial charge in [-0.25, -0.2) is 0 Å². The van der Waals surface area contributed by atoms with E-state index in [0.717, 1.165) is 22.4 Å². The van der Waals surface area contributed by atoms with Crippen molar-refractivity contribution in [1.29, 1.82) is 0 Å². The summed E-state index contributed by atoms with van der Waals surface area (Å²) in [6.45, 7) is 7.60. The van der Waals surface area contributed by atoms with Gasteiger partial charge in [-0.3, -0.25) is 19.3 Å². The summed E-state index contributed by atoms with van der Waals surface area (Å²) in [5, 5.41) is 5.00. The summed E-state index contributed by atoms with van der Waals surface area (Å²) < 4.78 is 0. The third-order valence-electron chi connectivity index (χ3n) is 7.01. The van der Waals surface area contributed by atoms with E-state index in [1.165, 1.54) is 4.90 Å². The number of nitrogens with one attached hydrogen (secondary N) is 1. The van der Waals surface area contributed by atoms with Crippen LogP contribution in [0.3, 0.4) is 0 Å². The molecule has 4 atom stereocenters. The van der Waals surface area contributed by atoms with Crippen molar-refractivity contribution in [3.05, 3.63) is 65.2 Å². The highest BCUT2D eigenvalue weighted by atomic mass is 16.2. The zero-order valence-corrected chi connectivity index (χ0v) is 18.3. The molecule has 3 aliphatic heterocycles. The molecule has 31 heavy (non-hydrogen) atoms. The number of fused-ring (bicyclic) bond motifs is 4. The van der Waals surface area contributed by atoms with E-state index in [0.29, 0.717) is 6.42 Å². The number of anilines is 1. The Bertz CT molecular complexity index is 1100. The number of hydrogen-bond donors (Lipinski definition) is 2. The van der Waals surface area contributed by atoms with E-state index in [2.05, 4.69) is 5.32 Å². The highest BCUT2D eigenvalue weighted by Gasteiger charge is 2.74. The van der Waals surface area contributed by atoms with E-state index < -0.39 is 22.9 Å². The number of rotatable bonds is 2. The summed E-state index contributed by atoms with van der Waals surface area (Å²) in [4.78, 5) is 42.3.